The van der Waals surface area contributed by atoms with Crippen LogP contribution in [0.25, 0.3) is 0 Å². The van der Waals surface area contributed by atoms with Crippen molar-refractivity contribution in [2.24, 2.45) is 29.6 Å². The first-order valence-corrected chi connectivity index (χ1v) is 11.5. The molecule has 0 aromatic heterocycles. The van der Waals surface area contributed by atoms with E-state index in [4.69, 9.17) is 18.9 Å². The predicted octanol–water partition coefficient (Wildman–Crippen LogP) is 3.97. The van der Waals surface area contributed by atoms with Crippen LogP contribution < -0.4 is 5.32 Å². The molecule has 2 fully saturated rings. The molecule has 0 aliphatic carbocycles. The summed E-state index contributed by atoms with van der Waals surface area (Å²) in [6.45, 7) is 18.0. The third-order valence-electron chi connectivity index (χ3n) is 7.29. The molecule has 6 nitrogen and oxygen atoms in total. The van der Waals surface area contributed by atoms with Gasteiger partial charge in [0.1, 0.15) is 0 Å². The van der Waals surface area contributed by atoms with Crippen molar-refractivity contribution in [1.29, 1.82) is 0 Å². The standard InChI is InChI=1S/C23H43NO5/c1-9-19-14(4)13(3)16(6)23(27-19)29-21-15(5)17(7)22(28-20(21)10-2)26-12-11-24-18(8)25/h13-17,19-23H,9-12H2,1-8H3,(H,24,25)/t13?,14-,15?,16-,17-,19?,20?,21-,22+,23+/m1/s1. The molecule has 0 aromatic carbocycles. The van der Waals surface area contributed by atoms with Gasteiger partial charge in [-0.3, -0.25) is 4.79 Å². The van der Waals surface area contributed by atoms with Crippen LogP contribution in [0.15, 0.2) is 0 Å². The highest BCUT2D eigenvalue weighted by Crippen LogP contribution is 2.40. The summed E-state index contributed by atoms with van der Waals surface area (Å²) in [5.41, 5.74) is 0. The van der Waals surface area contributed by atoms with E-state index in [1.807, 2.05) is 0 Å². The Balaban J connectivity index is 2.01. The summed E-state index contributed by atoms with van der Waals surface area (Å²) >= 11 is 0. The lowest BCUT2D eigenvalue weighted by atomic mass is 9.78. The monoisotopic (exact) mass is 413 g/mol. The van der Waals surface area contributed by atoms with E-state index in [1.54, 1.807) is 0 Å². The highest BCUT2D eigenvalue weighted by atomic mass is 16.7. The maximum absolute atomic E-state index is 11.0. The van der Waals surface area contributed by atoms with Gasteiger partial charge in [0.05, 0.1) is 24.9 Å². The van der Waals surface area contributed by atoms with Crippen LogP contribution >= 0.6 is 0 Å². The Labute approximate surface area is 177 Å². The lowest BCUT2D eigenvalue weighted by Crippen LogP contribution is -2.55. The number of ether oxygens (including phenoxy) is 4. The predicted molar refractivity (Wildman–Crippen MR) is 113 cm³/mol. The highest BCUT2D eigenvalue weighted by Gasteiger charge is 2.46. The molecule has 29 heavy (non-hydrogen) atoms. The molecule has 0 bridgehead atoms. The SMILES string of the molecule is CCC1O[C@@H](O[C@H]2C(CC)O[C@H](OCCNC(C)=O)[C@H](C)C2C)[C@H](C)C(C)[C@H]1C. The van der Waals surface area contributed by atoms with Crippen LogP contribution in [0, 0.1) is 29.6 Å². The molecule has 10 atom stereocenters. The van der Waals surface area contributed by atoms with E-state index in [0.717, 1.165) is 12.8 Å². The third kappa shape index (κ3) is 5.93. The highest BCUT2D eigenvalue weighted by molar-refractivity contribution is 5.72. The van der Waals surface area contributed by atoms with Crippen LogP contribution in [0.4, 0.5) is 0 Å². The summed E-state index contributed by atoms with van der Waals surface area (Å²) in [6, 6.07) is 0. The molecule has 4 unspecified atom stereocenters. The van der Waals surface area contributed by atoms with Crippen molar-refractivity contribution in [3.8, 4) is 0 Å². The van der Waals surface area contributed by atoms with Gasteiger partial charge in [-0.25, -0.2) is 0 Å². The summed E-state index contributed by atoms with van der Waals surface area (Å²) in [5, 5.41) is 2.76. The number of hydrogen-bond acceptors (Lipinski definition) is 5. The van der Waals surface area contributed by atoms with E-state index in [-0.39, 0.29) is 48.6 Å². The van der Waals surface area contributed by atoms with Crippen LogP contribution in [-0.2, 0) is 23.7 Å². The number of carbonyl (C=O) groups excluding carboxylic acids is 1. The van der Waals surface area contributed by atoms with Crippen molar-refractivity contribution < 1.29 is 23.7 Å². The van der Waals surface area contributed by atoms with Gasteiger partial charge in [-0.2, -0.15) is 0 Å². The van der Waals surface area contributed by atoms with Crippen molar-refractivity contribution >= 4 is 5.91 Å². The molecule has 0 spiro atoms. The molecular formula is C23H43NO5. The zero-order valence-corrected chi connectivity index (χ0v) is 19.6. The second-order valence-electron chi connectivity index (χ2n) is 9.15. The molecular weight excluding hydrogens is 370 g/mol. The number of rotatable bonds is 8. The van der Waals surface area contributed by atoms with Crippen molar-refractivity contribution in [2.45, 2.75) is 99.1 Å². The van der Waals surface area contributed by atoms with Gasteiger partial charge in [0.15, 0.2) is 12.6 Å². The van der Waals surface area contributed by atoms with Crippen LogP contribution in [0.5, 0.6) is 0 Å². The molecule has 0 saturated carbocycles. The topological polar surface area (TPSA) is 66.0 Å². The van der Waals surface area contributed by atoms with E-state index in [2.05, 4.69) is 53.8 Å². The molecule has 2 aliphatic heterocycles. The second kappa shape index (κ2) is 11.1. The van der Waals surface area contributed by atoms with E-state index in [9.17, 15) is 4.79 Å². The summed E-state index contributed by atoms with van der Waals surface area (Å²) < 4.78 is 25.3. The minimum Gasteiger partial charge on any atom is -0.354 e. The molecule has 2 rings (SSSR count). The molecule has 1 N–H and O–H groups in total. The van der Waals surface area contributed by atoms with E-state index in [0.29, 0.717) is 30.9 Å². The number of nitrogens with one attached hydrogen (secondary N) is 1. The van der Waals surface area contributed by atoms with Gasteiger partial charge in [0.2, 0.25) is 5.91 Å². The summed E-state index contributed by atoms with van der Waals surface area (Å²) in [4.78, 5) is 11.0. The number of amides is 1. The minimum atomic E-state index is -0.282. The van der Waals surface area contributed by atoms with Crippen molar-refractivity contribution in [3.05, 3.63) is 0 Å². The van der Waals surface area contributed by atoms with Gasteiger partial charge in [-0.15, -0.1) is 0 Å². The summed E-state index contributed by atoms with van der Waals surface area (Å²) in [6.07, 6.45) is 1.59. The zero-order chi connectivity index (χ0) is 21.7. The third-order valence-corrected chi connectivity index (χ3v) is 7.29. The molecule has 170 valence electrons. The first-order chi connectivity index (χ1) is 13.7. The van der Waals surface area contributed by atoms with Gasteiger partial charge >= 0.3 is 0 Å². The maximum atomic E-state index is 11.0. The largest absolute Gasteiger partial charge is 0.354 e. The minimum absolute atomic E-state index is 0.0178. The molecule has 0 radical (unpaired) electrons. The maximum Gasteiger partial charge on any atom is 0.216 e. The van der Waals surface area contributed by atoms with Gasteiger partial charge in [-0.05, 0) is 30.6 Å². The quantitative estimate of drug-likeness (QED) is 0.610. The van der Waals surface area contributed by atoms with Crippen LogP contribution in [0.3, 0.4) is 0 Å². The van der Waals surface area contributed by atoms with E-state index >= 15 is 0 Å². The van der Waals surface area contributed by atoms with E-state index in [1.165, 1.54) is 6.92 Å². The number of hydrogen-bond donors (Lipinski definition) is 1. The van der Waals surface area contributed by atoms with Gasteiger partial charge in [-0.1, -0.05) is 48.5 Å². The Morgan fingerprint density at radius 1 is 0.828 bits per heavy atom. The molecule has 0 aromatic rings. The van der Waals surface area contributed by atoms with Gasteiger partial charge < -0.3 is 24.3 Å². The van der Waals surface area contributed by atoms with E-state index < -0.39 is 0 Å². The Bertz CT molecular complexity index is 511. The van der Waals surface area contributed by atoms with Crippen molar-refractivity contribution in [1.82, 2.24) is 5.32 Å². The average Bonchev–Trinajstić information content (AvgIpc) is 2.69. The van der Waals surface area contributed by atoms with Gasteiger partial charge in [0, 0.05) is 25.3 Å². The van der Waals surface area contributed by atoms with Crippen molar-refractivity contribution in [2.75, 3.05) is 13.2 Å². The Kier molecular flexibility index (Phi) is 9.39. The fourth-order valence-corrected chi connectivity index (χ4v) is 4.66. The zero-order valence-electron chi connectivity index (χ0n) is 19.6. The lowest BCUT2D eigenvalue weighted by Gasteiger charge is -2.49. The normalized spacial score (nSPS) is 43.2. The molecule has 1 amide bonds. The summed E-state index contributed by atoms with van der Waals surface area (Å²) in [5.74, 6) is 1.87. The average molecular weight is 414 g/mol. The number of carbonyl (C=O) groups is 1. The molecule has 6 heteroatoms. The first kappa shape index (κ1) is 24.6. The van der Waals surface area contributed by atoms with Crippen LogP contribution in [0.1, 0.15) is 68.2 Å². The van der Waals surface area contributed by atoms with Gasteiger partial charge in [0.25, 0.3) is 0 Å². The smallest absolute Gasteiger partial charge is 0.216 e. The first-order valence-electron chi connectivity index (χ1n) is 11.5. The fraction of sp³-hybridized carbons (Fsp3) is 0.957. The Morgan fingerprint density at radius 2 is 1.41 bits per heavy atom. The Morgan fingerprint density at radius 3 is 2.00 bits per heavy atom. The fourth-order valence-electron chi connectivity index (χ4n) is 4.66. The Hall–Kier alpha value is -0.690. The molecule has 2 saturated heterocycles. The molecule has 2 aliphatic rings. The summed E-state index contributed by atoms with van der Waals surface area (Å²) in [7, 11) is 0. The van der Waals surface area contributed by atoms with Crippen LogP contribution in [0.2, 0.25) is 0 Å². The van der Waals surface area contributed by atoms with Crippen molar-refractivity contribution in [3.63, 3.8) is 0 Å². The lowest BCUT2D eigenvalue weighted by molar-refractivity contribution is -0.323. The van der Waals surface area contributed by atoms with Crippen LogP contribution in [-0.4, -0.2) is 50.0 Å². The molecule has 2 heterocycles. The second-order valence-corrected chi connectivity index (χ2v) is 9.15.